The molecule has 0 aliphatic rings. The summed E-state index contributed by atoms with van der Waals surface area (Å²) in [6, 6.07) is 10.8. The van der Waals surface area contributed by atoms with Crippen LogP contribution in [-0.4, -0.2) is 30.4 Å². The van der Waals surface area contributed by atoms with Crippen molar-refractivity contribution < 1.29 is 14.6 Å². The Balaban J connectivity index is 1.73. The normalized spacial score (nSPS) is 10.2. The van der Waals surface area contributed by atoms with Crippen molar-refractivity contribution in [3.8, 4) is 17.2 Å². The molecule has 2 rings (SSSR count). The van der Waals surface area contributed by atoms with Crippen molar-refractivity contribution in [1.82, 2.24) is 10.3 Å². The first-order valence-electron chi connectivity index (χ1n) is 6.40. The van der Waals surface area contributed by atoms with Gasteiger partial charge in [-0.3, -0.25) is 4.98 Å². The van der Waals surface area contributed by atoms with Crippen LogP contribution in [0.3, 0.4) is 0 Å². The average molecular weight is 274 g/mol. The molecule has 0 amide bonds. The van der Waals surface area contributed by atoms with Crippen LogP contribution in [0.25, 0.3) is 0 Å². The molecule has 0 bridgehead atoms. The van der Waals surface area contributed by atoms with Crippen LogP contribution in [0.1, 0.15) is 5.69 Å². The number of rotatable bonds is 7. The lowest BCUT2D eigenvalue weighted by molar-refractivity contribution is 0.291. The molecule has 2 N–H and O–H groups in total. The fourth-order valence-corrected chi connectivity index (χ4v) is 1.74. The average Bonchev–Trinajstić information content (AvgIpc) is 2.49. The van der Waals surface area contributed by atoms with Crippen molar-refractivity contribution in [2.75, 3.05) is 20.3 Å². The summed E-state index contributed by atoms with van der Waals surface area (Å²) < 4.78 is 10.8. The van der Waals surface area contributed by atoms with E-state index in [0.717, 1.165) is 11.5 Å². The van der Waals surface area contributed by atoms with Gasteiger partial charge in [-0.25, -0.2) is 0 Å². The van der Waals surface area contributed by atoms with Gasteiger partial charge in [-0.2, -0.15) is 0 Å². The van der Waals surface area contributed by atoms with E-state index in [4.69, 9.17) is 9.47 Å². The Morgan fingerprint density at radius 3 is 2.70 bits per heavy atom. The standard InChI is InChI=1S/C15H18N2O3/c1-19-14-6-2-3-7-15(14)20-10-9-16-11-12-13(18)5-4-8-17-12/h2-8,16,18H,9-11H2,1H3. The van der Waals surface area contributed by atoms with Crippen LogP contribution in [-0.2, 0) is 6.54 Å². The predicted molar refractivity (Wildman–Crippen MR) is 76.1 cm³/mol. The number of aromatic nitrogens is 1. The van der Waals surface area contributed by atoms with Crippen LogP contribution in [0.4, 0.5) is 0 Å². The van der Waals surface area contributed by atoms with Crippen molar-refractivity contribution in [2.45, 2.75) is 6.54 Å². The van der Waals surface area contributed by atoms with Crippen LogP contribution >= 0.6 is 0 Å². The number of aromatic hydroxyl groups is 1. The maximum absolute atomic E-state index is 9.56. The maximum Gasteiger partial charge on any atom is 0.161 e. The fraction of sp³-hybridized carbons (Fsp3) is 0.267. The third-order valence-electron chi connectivity index (χ3n) is 2.76. The van der Waals surface area contributed by atoms with Gasteiger partial charge in [0.05, 0.1) is 12.8 Å². The summed E-state index contributed by atoms with van der Waals surface area (Å²) in [6.07, 6.45) is 1.65. The second-order valence-corrected chi connectivity index (χ2v) is 4.15. The van der Waals surface area contributed by atoms with Gasteiger partial charge in [0, 0.05) is 19.3 Å². The minimum Gasteiger partial charge on any atom is -0.506 e. The van der Waals surface area contributed by atoms with Crippen LogP contribution in [0.5, 0.6) is 17.2 Å². The number of ether oxygens (including phenoxy) is 2. The number of para-hydroxylation sites is 2. The molecule has 106 valence electrons. The molecule has 2 aromatic rings. The van der Waals surface area contributed by atoms with Crippen LogP contribution in [0.2, 0.25) is 0 Å². The Bertz CT molecular complexity index is 546. The van der Waals surface area contributed by atoms with Crippen LogP contribution < -0.4 is 14.8 Å². The molecule has 0 atom stereocenters. The van der Waals surface area contributed by atoms with Gasteiger partial charge in [0.25, 0.3) is 0 Å². The fourth-order valence-electron chi connectivity index (χ4n) is 1.74. The third kappa shape index (κ3) is 3.86. The van der Waals surface area contributed by atoms with Crippen LogP contribution in [0.15, 0.2) is 42.6 Å². The first-order valence-corrected chi connectivity index (χ1v) is 6.40. The highest BCUT2D eigenvalue weighted by Gasteiger charge is 2.03. The molecule has 5 heteroatoms. The number of pyridine rings is 1. The Hall–Kier alpha value is -2.27. The molecule has 0 saturated carbocycles. The summed E-state index contributed by atoms with van der Waals surface area (Å²) in [5.74, 6) is 1.64. The van der Waals surface area contributed by atoms with Crippen molar-refractivity contribution in [3.05, 3.63) is 48.3 Å². The van der Waals surface area contributed by atoms with Gasteiger partial charge in [0.1, 0.15) is 12.4 Å². The third-order valence-corrected chi connectivity index (χ3v) is 2.76. The highest BCUT2D eigenvalue weighted by atomic mass is 16.5. The molecule has 1 aromatic carbocycles. The molecule has 20 heavy (non-hydrogen) atoms. The zero-order valence-corrected chi connectivity index (χ0v) is 11.4. The number of nitrogens with one attached hydrogen (secondary N) is 1. The molecular weight excluding hydrogens is 256 g/mol. The molecule has 0 fully saturated rings. The topological polar surface area (TPSA) is 63.6 Å². The van der Waals surface area contributed by atoms with Crippen LogP contribution in [0, 0.1) is 0 Å². The lowest BCUT2D eigenvalue weighted by Crippen LogP contribution is -2.21. The van der Waals surface area contributed by atoms with Crippen molar-refractivity contribution in [1.29, 1.82) is 0 Å². The van der Waals surface area contributed by atoms with Crippen molar-refractivity contribution in [2.24, 2.45) is 0 Å². The lowest BCUT2D eigenvalue weighted by atomic mass is 10.3. The van der Waals surface area contributed by atoms with Crippen molar-refractivity contribution in [3.63, 3.8) is 0 Å². The molecule has 0 aliphatic carbocycles. The molecule has 0 saturated heterocycles. The first kappa shape index (κ1) is 14.1. The van der Waals surface area contributed by atoms with Crippen molar-refractivity contribution >= 4 is 0 Å². The number of methoxy groups -OCH3 is 1. The highest BCUT2D eigenvalue weighted by molar-refractivity contribution is 5.39. The lowest BCUT2D eigenvalue weighted by Gasteiger charge is -2.10. The van der Waals surface area contributed by atoms with Gasteiger partial charge in [-0.15, -0.1) is 0 Å². The summed E-state index contributed by atoms with van der Waals surface area (Å²) in [4.78, 5) is 4.09. The summed E-state index contributed by atoms with van der Waals surface area (Å²) in [7, 11) is 1.62. The number of benzene rings is 1. The van der Waals surface area contributed by atoms with Gasteiger partial charge in [0.15, 0.2) is 11.5 Å². The summed E-state index contributed by atoms with van der Waals surface area (Å²) in [6.45, 7) is 1.66. The van der Waals surface area contributed by atoms with E-state index in [0.29, 0.717) is 25.4 Å². The zero-order chi connectivity index (χ0) is 14.2. The van der Waals surface area contributed by atoms with E-state index in [-0.39, 0.29) is 5.75 Å². The Labute approximate surface area is 118 Å². The summed E-state index contributed by atoms with van der Waals surface area (Å²) in [5, 5.41) is 12.7. The predicted octanol–water partition coefficient (Wildman–Crippen LogP) is 1.96. The number of hydrogen-bond acceptors (Lipinski definition) is 5. The van der Waals surface area contributed by atoms with E-state index < -0.39 is 0 Å². The molecule has 5 nitrogen and oxygen atoms in total. The van der Waals surface area contributed by atoms with Gasteiger partial charge in [-0.05, 0) is 24.3 Å². The molecule has 0 spiro atoms. The minimum atomic E-state index is 0.200. The molecule has 1 heterocycles. The van der Waals surface area contributed by atoms with E-state index in [1.54, 1.807) is 25.4 Å². The SMILES string of the molecule is COc1ccccc1OCCNCc1ncccc1O. The summed E-state index contributed by atoms with van der Waals surface area (Å²) >= 11 is 0. The largest absolute Gasteiger partial charge is 0.506 e. The molecular formula is C15H18N2O3. The first-order chi connectivity index (χ1) is 9.81. The Morgan fingerprint density at radius 2 is 1.95 bits per heavy atom. The smallest absolute Gasteiger partial charge is 0.161 e. The monoisotopic (exact) mass is 274 g/mol. The van der Waals surface area contributed by atoms with E-state index in [2.05, 4.69) is 10.3 Å². The molecule has 0 radical (unpaired) electrons. The molecule has 1 aromatic heterocycles. The van der Waals surface area contributed by atoms with E-state index in [1.807, 2.05) is 24.3 Å². The van der Waals surface area contributed by atoms with Gasteiger partial charge in [-0.1, -0.05) is 12.1 Å². The van der Waals surface area contributed by atoms with Gasteiger partial charge >= 0.3 is 0 Å². The second-order valence-electron chi connectivity index (χ2n) is 4.15. The van der Waals surface area contributed by atoms with Gasteiger partial charge in [0.2, 0.25) is 0 Å². The Morgan fingerprint density at radius 1 is 1.15 bits per heavy atom. The van der Waals surface area contributed by atoms with Gasteiger partial charge < -0.3 is 19.9 Å². The maximum atomic E-state index is 9.56. The van der Waals surface area contributed by atoms with E-state index >= 15 is 0 Å². The minimum absolute atomic E-state index is 0.200. The molecule has 0 aliphatic heterocycles. The highest BCUT2D eigenvalue weighted by Crippen LogP contribution is 2.25. The quantitative estimate of drug-likeness (QED) is 0.756. The zero-order valence-electron chi connectivity index (χ0n) is 11.4. The Kier molecular flexibility index (Phi) is 5.20. The molecule has 0 unspecified atom stereocenters. The van der Waals surface area contributed by atoms with E-state index in [9.17, 15) is 5.11 Å². The number of nitrogens with zero attached hydrogens (tertiary/aromatic N) is 1. The number of hydrogen-bond donors (Lipinski definition) is 2. The second kappa shape index (κ2) is 7.35. The summed E-state index contributed by atoms with van der Waals surface area (Å²) in [5.41, 5.74) is 0.629. The van der Waals surface area contributed by atoms with E-state index in [1.165, 1.54) is 0 Å².